The fraction of sp³-hybridized carbons (Fsp3) is 0.222. The van der Waals surface area contributed by atoms with E-state index in [1.807, 2.05) is 36.4 Å². The standard InChI is InChI=1S/2C9H10O3.Pb/c2*10-9(11)6-7-12-8-4-2-1-3-5-8;/h2*1-5H,6-7H2,(H,10,11);/q;;+2/p-2. The Morgan fingerprint density at radius 2 is 1.00 bits per heavy atom. The van der Waals surface area contributed by atoms with Crippen molar-refractivity contribution in [2.24, 2.45) is 0 Å². The van der Waals surface area contributed by atoms with Gasteiger partial charge in [-0.1, -0.05) is 36.4 Å². The van der Waals surface area contributed by atoms with E-state index in [-0.39, 0.29) is 53.4 Å². The molecule has 6 nitrogen and oxygen atoms in total. The van der Waals surface area contributed by atoms with Crippen LogP contribution in [0, 0.1) is 0 Å². The summed E-state index contributed by atoms with van der Waals surface area (Å²) in [5.41, 5.74) is 0. The molecular weight excluding hydrogens is 519 g/mol. The monoisotopic (exact) mass is 538 g/mol. The Bertz CT molecular complexity index is 548. The van der Waals surface area contributed by atoms with Crippen molar-refractivity contribution >= 4 is 39.2 Å². The maximum absolute atomic E-state index is 10.00. The molecule has 0 fully saturated rings. The Morgan fingerprint density at radius 1 is 0.680 bits per heavy atom. The van der Waals surface area contributed by atoms with E-state index in [4.69, 9.17) is 9.47 Å². The van der Waals surface area contributed by atoms with Crippen LogP contribution in [0.3, 0.4) is 0 Å². The van der Waals surface area contributed by atoms with Crippen molar-refractivity contribution in [2.45, 2.75) is 12.8 Å². The first-order chi connectivity index (χ1) is 11.6. The van der Waals surface area contributed by atoms with Gasteiger partial charge in [0.1, 0.15) is 11.5 Å². The molecule has 0 saturated heterocycles. The first-order valence-corrected chi connectivity index (χ1v) is 7.33. The second-order valence-electron chi connectivity index (χ2n) is 4.57. The molecule has 0 spiro atoms. The molecule has 0 heterocycles. The Morgan fingerprint density at radius 3 is 1.28 bits per heavy atom. The number of carbonyl (C=O) groups is 2. The molecule has 7 heteroatoms. The number of aliphatic carboxylic acids is 2. The first kappa shape index (κ1) is 22.9. The van der Waals surface area contributed by atoms with Crippen molar-refractivity contribution in [3.05, 3.63) is 60.7 Å². The van der Waals surface area contributed by atoms with Crippen LogP contribution in [0.25, 0.3) is 0 Å². The summed E-state index contributed by atoms with van der Waals surface area (Å²) in [6, 6.07) is 18.1. The van der Waals surface area contributed by atoms with Crippen LogP contribution < -0.4 is 19.7 Å². The second-order valence-corrected chi connectivity index (χ2v) is 4.57. The number of carboxylic acid groups (broad SMARTS) is 2. The zero-order valence-corrected chi connectivity index (χ0v) is 17.4. The molecule has 0 N–H and O–H groups in total. The van der Waals surface area contributed by atoms with E-state index in [1.54, 1.807) is 24.3 Å². The van der Waals surface area contributed by atoms with E-state index in [9.17, 15) is 19.8 Å². The van der Waals surface area contributed by atoms with Crippen LogP contribution in [0.5, 0.6) is 11.5 Å². The minimum absolute atomic E-state index is 0. The van der Waals surface area contributed by atoms with Crippen LogP contribution in [0.1, 0.15) is 12.8 Å². The average Bonchev–Trinajstić information content (AvgIpc) is 2.57. The normalized spacial score (nSPS) is 8.96. The van der Waals surface area contributed by atoms with Gasteiger partial charge in [-0.15, -0.1) is 0 Å². The quantitative estimate of drug-likeness (QED) is 0.441. The van der Waals surface area contributed by atoms with E-state index >= 15 is 0 Å². The van der Waals surface area contributed by atoms with Crippen LogP contribution in [0.4, 0.5) is 0 Å². The SMILES string of the molecule is O=C([O-])CCOc1ccccc1.O=C([O-])CCOc1ccccc1.[Pb+2]. The number of benzene rings is 2. The van der Waals surface area contributed by atoms with Gasteiger partial charge in [0.25, 0.3) is 0 Å². The molecule has 0 aliphatic carbocycles. The fourth-order valence-corrected chi connectivity index (χ4v) is 1.54. The molecule has 0 saturated carbocycles. The van der Waals surface area contributed by atoms with Crippen molar-refractivity contribution in [3.8, 4) is 11.5 Å². The topological polar surface area (TPSA) is 98.7 Å². The van der Waals surface area contributed by atoms with Crippen molar-refractivity contribution in [1.29, 1.82) is 0 Å². The van der Waals surface area contributed by atoms with E-state index < -0.39 is 11.9 Å². The molecule has 2 radical (unpaired) electrons. The van der Waals surface area contributed by atoms with Crippen LogP contribution in [0.15, 0.2) is 60.7 Å². The van der Waals surface area contributed by atoms with Gasteiger partial charge in [0.2, 0.25) is 0 Å². The fourth-order valence-electron chi connectivity index (χ4n) is 1.54. The van der Waals surface area contributed by atoms with Gasteiger partial charge in [0.05, 0.1) is 13.2 Å². The third kappa shape index (κ3) is 12.9. The number of hydrogen-bond acceptors (Lipinski definition) is 6. The van der Waals surface area contributed by atoms with E-state index in [2.05, 4.69) is 0 Å². The molecule has 0 unspecified atom stereocenters. The molecule has 0 atom stereocenters. The van der Waals surface area contributed by atoms with Crippen molar-refractivity contribution < 1.29 is 29.3 Å². The zero-order valence-electron chi connectivity index (χ0n) is 13.6. The molecule has 0 aliphatic heterocycles. The third-order valence-electron chi connectivity index (χ3n) is 2.64. The summed E-state index contributed by atoms with van der Waals surface area (Å²) in [4.78, 5) is 20.0. The predicted octanol–water partition coefficient (Wildman–Crippen LogP) is 0.0300. The summed E-state index contributed by atoms with van der Waals surface area (Å²) in [7, 11) is 0. The Labute approximate surface area is 166 Å². The minimum Gasteiger partial charge on any atom is -0.550 e. The molecular formula is C18H18O6Pb. The third-order valence-corrected chi connectivity index (χ3v) is 2.64. The van der Waals surface area contributed by atoms with Gasteiger partial charge < -0.3 is 29.3 Å². The Balaban J connectivity index is 0.000000443. The first-order valence-electron chi connectivity index (χ1n) is 7.33. The number of ether oxygens (including phenoxy) is 2. The van der Waals surface area contributed by atoms with Gasteiger partial charge in [-0.3, -0.25) is 0 Å². The van der Waals surface area contributed by atoms with Gasteiger partial charge in [-0.05, 0) is 24.3 Å². The van der Waals surface area contributed by atoms with Crippen LogP contribution >= 0.6 is 0 Å². The van der Waals surface area contributed by atoms with Gasteiger partial charge in [-0.25, -0.2) is 0 Å². The van der Waals surface area contributed by atoms with Crippen LogP contribution in [-0.2, 0) is 9.59 Å². The molecule has 0 amide bonds. The molecule has 0 bridgehead atoms. The number of carbonyl (C=O) groups excluding carboxylic acids is 2. The van der Waals surface area contributed by atoms with Crippen molar-refractivity contribution in [3.63, 3.8) is 0 Å². The molecule has 130 valence electrons. The largest absolute Gasteiger partial charge is 2.00 e. The Kier molecular flexibility index (Phi) is 13.1. The molecule has 0 aromatic heterocycles. The van der Waals surface area contributed by atoms with Gasteiger partial charge in [-0.2, -0.15) is 0 Å². The number of hydrogen-bond donors (Lipinski definition) is 0. The summed E-state index contributed by atoms with van der Waals surface area (Å²) >= 11 is 0. The number of rotatable bonds is 8. The summed E-state index contributed by atoms with van der Waals surface area (Å²) in [5, 5.41) is 20.0. The van der Waals surface area contributed by atoms with Crippen molar-refractivity contribution in [2.75, 3.05) is 13.2 Å². The summed E-state index contributed by atoms with van der Waals surface area (Å²) in [6.07, 6.45) is -0.149. The van der Waals surface area contributed by atoms with Gasteiger partial charge in [0, 0.05) is 24.8 Å². The number of para-hydroxylation sites is 2. The maximum atomic E-state index is 10.00. The molecule has 2 aromatic carbocycles. The number of carboxylic acids is 2. The smallest absolute Gasteiger partial charge is 0.550 e. The zero-order chi connectivity index (χ0) is 17.6. The summed E-state index contributed by atoms with van der Waals surface area (Å²) < 4.78 is 10.2. The molecule has 0 aliphatic rings. The second kappa shape index (κ2) is 14.3. The van der Waals surface area contributed by atoms with E-state index in [1.165, 1.54) is 0 Å². The minimum atomic E-state index is -1.09. The van der Waals surface area contributed by atoms with Gasteiger partial charge in [0.15, 0.2) is 0 Å². The predicted molar refractivity (Wildman–Crippen MR) is 88.9 cm³/mol. The van der Waals surface area contributed by atoms with Crippen LogP contribution in [-0.4, -0.2) is 52.5 Å². The van der Waals surface area contributed by atoms with E-state index in [0.717, 1.165) is 0 Å². The Hall–Kier alpha value is -2.10. The average molecular weight is 538 g/mol. The summed E-state index contributed by atoms with van der Waals surface area (Å²) in [5.74, 6) is -0.825. The molecule has 25 heavy (non-hydrogen) atoms. The van der Waals surface area contributed by atoms with Crippen LogP contribution in [0.2, 0.25) is 0 Å². The summed E-state index contributed by atoms with van der Waals surface area (Å²) in [6.45, 7) is 0.318. The molecule has 2 rings (SSSR count). The maximum Gasteiger partial charge on any atom is 2.00 e. The molecule has 2 aromatic rings. The van der Waals surface area contributed by atoms with Crippen molar-refractivity contribution in [1.82, 2.24) is 0 Å². The van der Waals surface area contributed by atoms with Gasteiger partial charge >= 0.3 is 27.3 Å². The van der Waals surface area contributed by atoms with E-state index in [0.29, 0.717) is 11.5 Å².